The first kappa shape index (κ1) is 11.3. The summed E-state index contributed by atoms with van der Waals surface area (Å²) < 4.78 is 0. The lowest BCUT2D eigenvalue weighted by molar-refractivity contribution is 0.475. The Bertz CT molecular complexity index is 518. The highest BCUT2D eigenvalue weighted by Gasteiger charge is 2.09. The molecule has 0 aliphatic heterocycles. The third kappa shape index (κ3) is 2.01. The number of phenols is 1. The van der Waals surface area contributed by atoms with Crippen LogP contribution in [0.3, 0.4) is 0 Å². The minimum atomic E-state index is 0.236. The second kappa shape index (κ2) is 4.36. The Morgan fingerprint density at radius 1 is 0.875 bits per heavy atom. The Balaban J connectivity index is 2.63. The van der Waals surface area contributed by atoms with E-state index in [0.717, 1.165) is 16.7 Å². The number of hydrogen-bond acceptors (Lipinski definition) is 1. The maximum Gasteiger partial charge on any atom is 0.115 e. The van der Waals surface area contributed by atoms with Crippen LogP contribution >= 0.6 is 23.2 Å². The zero-order valence-electron chi connectivity index (χ0n) is 8.67. The summed E-state index contributed by atoms with van der Waals surface area (Å²) in [5.74, 6) is 0.236. The van der Waals surface area contributed by atoms with Gasteiger partial charge in [0.05, 0.1) is 0 Å². The van der Waals surface area contributed by atoms with Gasteiger partial charge in [-0.2, -0.15) is 0 Å². The molecule has 1 nitrogen and oxygen atoms in total. The van der Waals surface area contributed by atoms with Gasteiger partial charge in [-0.25, -0.2) is 0 Å². The Hall–Kier alpha value is -1.18. The van der Waals surface area contributed by atoms with E-state index in [4.69, 9.17) is 23.2 Å². The van der Waals surface area contributed by atoms with Gasteiger partial charge >= 0.3 is 0 Å². The van der Waals surface area contributed by atoms with Gasteiger partial charge in [0, 0.05) is 15.6 Å². The largest absolute Gasteiger partial charge is 0.508 e. The number of rotatable bonds is 1. The fourth-order valence-electron chi connectivity index (χ4n) is 1.64. The van der Waals surface area contributed by atoms with E-state index >= 15 is 0 Å². The summed E-state index contributed by atoms with van der Waals surface area (Å²) in [6, 6.07) is 10.5. The van der Waals surface area contributed by atoms with Crippen LogP contribution in [0, 0.1) is 6.92 Å². The van der Waals surface area contributed by atoms with Gasteiger partial charge in [0.2, 0.25) is 0 Å². The van der Waals surface area contributed by atoms with Crippen molar-refractivity contribution in [2.24, 2.45) is 0 Å². The summed E-state index contributed by atoms with van der Waals surface area (Å²) in [6.45, 7) is 1.93. The number of aromatic hydroxyl groups is 1. The molecule has 0 saturated carbocycles. The van der Waals surface area contributed by atoms with E-state index in [1.54, 1.807) is 24.3 Å². The highest BCUT2D eigenvalue weighted by Crippen LogP contribution is 2.35. The summed E-state index contributed by atoms with van der Waals surface area (Å²) in [7, 11) is 0. The van der Waals surface area contributed by atoms with Gasteiger partial charge in [-0.15, -0.1) is 0 Å². The maximum atomic E-state index is 9.24. The lowest BCUT2D eigenvalue weighted by atomic mass is 10.0. The van der Waals surface area contributed by atoms with Crippen molar-refractivity contribution in [3.63, 3.8) is 0 Å². The monoisotopic (exact) mass is 252 g/mol. The van der Waals surface area contributed by atoms with E-state index in [9.17, 15) is 5.11 Å². The van der Waals surface area contributed by atoms with Crippen molar-refractivity contribution in [3.05, 3.63) is 52.0 Å². The van der Waals surface area contributed by atoms with E-state index in [-0.39, 0.29) is 5.75 Å². The molecule has 0 atom stereocenters. The van der Waals surface area contributed by atoms with Crippen LogP contribution in [0.15, 0.2) is 36.4 Å². The SMILES string of the molecule is Cc1c(Cl)ccc(Cl)c1-c1ccc(O)cc1. The fraction of sp³-hybridized carbons (Fsp3) is 0.0769. The molecule has 0 fully saturated rings. The molecule has 0 aliphatic rings. The molecule has 0 bridgehead atoms. The summed E-state index contributed by atoms with van der Waals surface area (Å²) >= 11 is 12.2. The standard InChI is InChI=1S/C13H10Cl2O/c1-8-11(14)6-7-12(15)13(8)9-2-4-10(16)5-3-9/h2-7,16H,1H3. The van der Waals surface area contributed by atoms with E-state index in [0.29, 0.717) is 10.0 Å². The van der Waals surface area contributed by atoms with Gasteiger partial charge in [-0.05, 0) is 42.3 Å². The second-order valence-electron chi connectivity index (χ2n) is 3.58. The zero-order chi connectivity index (χ0) is 11.7. The molecule has 0 aliphatic carbocycles. The molecular weight excluding hydrogens is 243 g/mol. The third-order valence-electron chi connectivity index (χ3n) is 2.50. The molecule has 0 spiro atoms. The van der Waals surface area contributed by atoms with Crippen molar-refractivity contribution in [2.45, 2.75) is 6.92 Å². The molecule has 2 aromatic carbocycles. The Morgan fingerprint density at radius 3 is 2.06 bits per heavy atom. The van der Waals surface area contributed by atoms with Gasteiger partial charge in [-0.1, -0.05) is 35.3 Å². The Morgan fingerprint density at radius 2 is 1.44 bits per heavy atom. The minimum Gasteiger partial charge on any atom is -0.508 e. The summed E-state index contributed by atoms with van der Waals surface area (Å²) in [4.78, 5) is 0. The number of hydrogen-bond donors (Lipinski definition) is 1. The van der Waals surface area contributed by atoms with Crippen molar-refractivity contribution < 1.29 is 5.11 Å². The molecule has 0 radical (unpaired) electrons. The lowest BCUT2D eigenvalue weighted by Gasteiger charge is -2.10. The third-order valence-corrected chi connectivity index (χ3v) is 3.23. The Labute approximate surface area is 104 Å². The molecule has 0 aromatic heterocycles. The Kier molecular flexibility index (Phi) is 3.08. The highest BCUT2D eigenvalue weighted by atomic mass is 35.5. The number of phenolic OH excluding ortho intramolecular Hbond substituents is 1. The van der Waals surface area contributed by atoms with Crippen molar-refractivity contribution in [1.82, 2.24) is 0 Å². The van der Waals surface area contributed by atoms with Crippen molar-refractivity contribution in [2.75, 3.05) is 0 Å². The van der Waals surface area contributed by atoms with Gasteiger partial charge in [0.25, 0.3) is 0 Å². The minimum absolute atomic E-state index is 0.236. The molecule has 1 N–H and O–H groups in total. The molecule has 0 saturated heterocycles. The average Bonchev–Trinajstić information content (AvgIpc) is 2.27. The fourth-order valence-corrected chi connectivity index (χ4v) is 2.11. The van der Waals surface area contributed by atoms with Crippen LogP contribution < -0.4 is 0 Å². The summed E-state index contributed by atoms with van der Waals surface area (Å²) in [5.41, 5.74) is 2.80. The molecule has 2 aromatic rings. The van der Waals surface area contributed by atoms with Crippen LogP contribution in [0.25, 0.3) is 11.1 Å². The smallest absolute Gasteiger partial charge is 0.115 e. The molecular formula is C13H10Cl2O. The van der Waals surface area contributed by atoms with Crippen LogP contribution in [0.5, 0.6) is 5.75 Å². The van der Waals surface area contributed by atoms with E-state index in [2.05, 4.69) is 0 Å². The van der Waals surface area contributed by atoms with Gasteiger partial charge < -0.3 is 5.11 Å². The normalized spacial score (nSPS) is 10.4. The van der Waals surface area contributed by atoms with Crippen LogP contribution in [0.2, 0.25) is 10.0 Å². The van der Waals surface area contributed by atoms with E-state index in [1.807, 2.05) is 19.1 Å². The second-order valence-corrected chi connectivity index (χ2v) is 4.39. The van der Waals surface area contributed by atoms with Crippen molar-refractivity contribution >= 4 is 23.2 Å². The molecule has 3 heteroatoms. The predicted molar refractivity (Wildman–Crippen MR) is 68.3 cm³/mol. The zero-order valence-corrected chi connectivity index (χ0v) is 10.2. The summed E-state index contributed by atoms with van der Waals surface area (Å²) in [5, 5.41) is 10.6. The molecule has 0 unspecified atom stereocenters. The first-order chi connectivity index (χ1) is 7.59. The van der Waals surface area contributed by atoms with E-state index < -0.39 is 0 Å². The maximum absolute atomic E-state index is 9.24. The number of benzene rings is 2. The number of halogens is 2. The van der Waals surface area contributed by atoms with Gasteiger partial charge in [0.15, 0.2) is 0 Å². The van der Waals surface area contributed by atoms with Crippen LogP contribution in [0.4, 0.5) is 0 Å². The van der Waals surface area contributed by atoms with E-state index in [1.165, 1.54) is 0 Å². The first-order valence-corrected chi connectivity index (χ1v) is 5.59. The van der Waals surface area contributed by atoms with Crippen LogP contribution in [-0.4, -0.2) is 5.11 Å². The molecule has 0 heterocycles. The highest BCUT2D eigenvalue weighted by molar-refractivity contribution is 6.36. The molecule has 82 valence electrons. The van der Waals surface area contributed by atoms with Crippen LogP contribution in [-0.2, 0) is 0 Å². The van der Waals surface area contributed by atoms with Crippen molar-refractivity contribution in [1.29, 1.82) is 0 Å². The quantitative estimate of drug-likeness (QED) is 0.782. The molecule has 2 rings (SSSR count). The average molecular weight is 253 g/mol. The predicted octanol–water partition coefficient (Wildman–Crippen LogP) is 4.67. The topological polar surface area (TPSA) is 20.2 Å². The molecule has 16 heavy (non-hydrogen) atoms. The van der Waals surface area contributed by atoms with Gasteiger partial charge in [-0.3, -0.25) is 0 Å². The van der Waals surface area contributed by atoms with Crippen LogP contribution in [0.1, 0.15) is 5.56 Å². The lowest BCUT2D eigenvalue weighted by Crippen LogP contribution is -1.86. The van der Waals surface area contributed by atoms with Gasteiger partial charge in [0.1, 0.15) is 5.75 Å². The molecule has 0 amide bonds. The first-order valence-electron chi connectivity index (χ1n) is 4.83. The van der Waals surface area contributed by atoms with Crippen molar-refractivity contribution in [3.8, 4) is 16.9 Å². The summed E-state index contributed by atoms with van der Waals surface area (Å²) in [6.07, 6.45) is 0.